The van der Waals surface area contributed by atoms with E-state index in [1.807, 2.05) is 20.9 Å². The Balaban J connectivity index is 0.00000264. The van der Waals surface area contributed by atoms with Crippen LogP contribution in [-0.4, -0.2) is 31.3 Å². The topological polar surface area (TPSA) is 62.5 Å². The number of hydrogen-bond acceptors (Lipinski definition) is 3. The number of aliphatic imine (C=N–C) groups is 1. The third-order valence-electron chi connectivity index (χ3n) is 5.18. The van der Waals surface area contributed by atoms with Crippen LogP contribution in [0, 0.1) is 19.3 Å². The summed E-state index contributed by atoms with van der Waals surface area (Å²) in [4.78, 5) is 4.34. The van der Waals surface area contributed by atoms with E-state index in [0.717, 1.165) is 30.5 Å². The van der Waals surface area contributed by atoms with Crippen LogP contribution in [-0.2, 0) is 0 Å². The summed E-state index contributed by atoms with van der Waals surface area (Å²) in [5, 5.41) is 11.0. The molecule has 0 aromatic carbocycles. The summed E-state index contributed by atoms with van der Waals surface area (Å²) >= 11 is 0. The summed E-state index contributed by atoms with van der Waals surface area (Å²) in [5.41, 5.74) is 2.67. The highest BCUT2D eigenvalue weighted by Gasteiger charge is 2.34. The van der Waals surface area contributed by atoms with Gasteiger partial charge in [-0.1, -0.05) is 25.4 Å². The number of guanidine groups is 1. The van der Waals surface area contributed by atoms with Crippen LogP contribution in [0.2, 0.25) is 0 Å². The van der Waals surface area contributed by atoms with Crippen LogP contribution in [0.25, 0.3) is 0 Å². The van der Waals surface area contributed by atoms with Crippen LogP contribution in [0.3, 0.4) is 0 Å². The van der Waals surface area contributed by atoms with Crippen LogP contribution in [0.15, 0.2) is 9.52 Å². The predicted octanol–water partition coefficient (Wildman–Crippen LogP) is 3.76. The lowest BCUT2D eigenvalue weighted by Gasteiger charge is -2.41. The minimum absolute atomic E-state index is 0. The Hall–Kier alpha value is -0.790. The highest BCUT2D eigenvalue weighted by atomic mass is 127. The van der Waals surface area contributed by atoms with Crippen molar-refractivity contribution in [3.63, 3.8) is 0 Å². The summed E-state index contributed by atoms with van der Waals surface area (Å²) in [6.45, 7) is 10.3. The third-order valence-corrected chi connectivity index (χ3v) is 5.18. The van der Waals surface area contributed by atoms with E-state index in [2.05, 4.69) is 34.6 Å². The van der Waals surface area contributed by atoms with E-state index in [0.29, 0.717) is 11.3 Å². The molecule has 0 aliphatic heterocycles. The molecule has 5 nitrogen and oxygen atoms in total. The average Bonchev–Trinajstić information content (AvgIpc) is 2.80. The van der Waals surface area contributed by atoms with Crippen molar-refractivity contribution in [3.05, 3.63) is 17.0 Å². The lowest BCUT2D eigenvalue weighted by molar-refractivity contribution is 0.131. The maximum Gasteiger partial charge on any atom is 0.191 e. The first-order chi connectivity index (χ1) is 10.5. The van der Waals surface area contributed by atoms with Gasteiger partial charge in [-0.2, -0.15) is 0 Å². The van der Waals surface area contributed by atoms with Crippen molar-refractivity contribution in [2.45, 2.75) is 59.3 Å². The fourth-order valence-corrected chi connectivity index (χ4v) is 3.37. The number of nitrogens with zero attached hydrogens (tertiary/aromatic N) is 2. The number of nitrogens with one attached hydrogen (secondary N) is 2. The van der Waals surface area contributed by atoms with Crippen LogP contribution >= 0.6 is 24.0 Å². The Morgan fingerprint density at radius 1 is 1.35 bits per heavy atom. The summed E-state index contributed by atoms with van der Waals surface area (Å²) in [5.74, 6) is 2.14. The highest BCUT2D eigenvalue weighted by molar-refractivity contribution is 14.0. The lowest BCUT2D eigenvalue weighted by atomic mass is 9.67. The van der Waals surface area contributed by atoms with E-state index in [4.69, 9.17) is 4.52 Å². The van der Waals surface area contributed by atoms with E-state index >= 15 is 0 Å². The van der Waals surface area contributed by atoms with Gasteiger partial charge in [0.1, 0.15) is 5.76 Å². The molecule has 1 aliphatic rings. The van der Waals surface area contributed by atoms with E-state index < -0.39 is 0 Å². The molecule has 23 heavy (non-hydrogen) atoms. The van der Waals surface area contributed by atoms with Crippen LogP contribution in [0.1, 0.15) is 62.5 Å². The summed E-state index contributed by atoms with van der Waals surface area (Å²) < 4.78 is 5.25. The Labute approximate surface area is 157 Å². The molecule has 2 N–H and O–H groups in total. The normalized spacial score (nSPS) is 17.9. The van der Waals surface area contributed by atoms with Gasteiger partial charge in [-0.05, 0) is 38.5 Å². The number of aryl methyl sites for hydroxylation is 2. The van der Waals surface area contributed by atoms with Crippen molar-refractivity contribution in [1.82, 2.24) is 15.8 Å². The molecule has 1 unspecified atom stereocenters. The zero-order valence-corrected chi connectivity index (χ0v) is 17.4. The molecule has 0 bridgehead atoms. The maximum absolute atomic E-state index is 5.25. The molecular weight excluding hydrogens is 403 g/mol. The summed E-state index contributed by atoms with van der Waals surface area (Å²) in [7, 11) is 1.83. The average molecular weight is 434 g/mol. The van der Waals surface area contributed by atoms with Gasteiger partial charge >= 0.3 is 0 Å². The van der Waals surface area contributed by atoms with Gasteiger partial charge in [0.05, 0.1) is 5.69 Å². The highest BCUT2D eigenvalue weighted by Crippen LogP contribution is 2.42. The van der Waals surface area contributed by atoms with Gasteiger partial charge in [0.2, 0.25) is 0 Å². The molecule has 1 fully saturated rings. The molecule has 1 saturated carbocycles. The van der Waals surface area contributed by atoms with Gasteiger partial charge in [-0.15, -0.1) is 24.0 Å². The molecule has 0 spiro atoms. The first-order valence-corrected chi connectivity index (χ1v) is 8.38. The van der Waals surface area contributed by atoms with E-state index in [1.54, 1.807) is 0 Å². The molecule has 0 radical (unpaired) electrons. The fraction of sp³-hybridized carbons (Fsp3) is 0.765. The standard InChI is InChI=1S/C17H30N4O.HI/c1-6-17(8-7-9-17)11-20-16(18-5)19-10-12(2)15-13(3)21-22-14(15)4;/h12H,6-11H2,1-5H3,(H2,18,19,20);1H. The summed E-state index contributed by atoms with van der Waals surface area (Å²) in [6, 6.07) is 0. The van der Waals surface area contributed by atoms with Gasteiger partial charge in [0.25, 0.3) is 0 Å². The number of rotatable bonds is 6. The number of aromatic nitrogens is 1. The molecule has 6 heteroatoms. The Bertz CT molecular complexity index is 498. The van der Waals surface area contributed by atoms with Crippen molar-refractivity contribution in [1.29, 1.82) is 0 Å². The lowest BCUT2D eigenvalue weighted by Crippen LogP contribution is -2.46. The van der Waals surface area contributed by atoms with Crippen molar-refractivity contribution >= 4 is 29.9 Å². The Kier molecular flexibility index (Phi) is 7.83. The van der Waals surface area contributed by atoms with E-state index in [-0.39, 0.29) is 24.0 Å². The molecular formula is C17H31IN4O. The number of halogens is 1. The molecule has 1 atom stereocenters. The van der Waals surface area contributed by atoms with Gasteiger partial charge in [-0.3, -0.25) is 4.99 Å². The second kappa shape index (κ2) is 8.89. The molecule has 1 heterocycles. The maximum atomic E-state index is 5.25. The minimum atomic E-state index is 0. The molecule has 1 aliphatic carbocycles. The van der Waals surface area contributed by atoms with Gasteiger partial charge < -0.3 is 15.2 Å². The van der Waals surface area contributed by atoms with Crippen LogP contribution in [0.5, 0.6) is 0 Å². The molecule has 0 saturated heterocycles. The van der Waals surface area contributed by atoms with Crippen LogP contribution in [0.4, 0.5) is 0 Å². The minimum Gasteiger partial charge on any atom is -0.361 e. The Morgan fingerprint density at radius 2 is 2.04 bits per heavy atom. The van der Waals surface area contributed by atoms with Gasteiger partial charge in [-0.25, -0.2) is 0 Å². The molecule has 132 valence electrons. The van der Waals surface area contributed by atoms with Crippen molar-refractivity contribution in [2.75, 3.05) is 20.1 Å². The van der Waals surface area contributed by atoms with E-state index in [9.17, 15) is 0 Å². The van der Waals surface area contributed by atoms with Crippen molar-refractivity contribution < 1.29 is 4.52 Å². The SMILES string of the molecule is CCC1(CNC(=NC)NCC(C)c2c(C)noc2C)CCC1.I. The fourth-order valence-electron chi connectivity index (χ4n) is 3.37. The van der Waals surface area contributed by atoms with Gasteiger partial charge in [0, 0.05) is 31.6 Å². The first-order valence-electron chi connectivity index (χ1n) is 8.38. The predicted molar refractivity (Wildman–Crippen MR) is 106 cm³/mol. The zero-order chi connectivity index (χ0) is 16.2. The van der Waals surface area contributed by atoms with E-state index in [1.165, 1.54) is 31.2 Å². The zero-order valence-electron chi connectivity index (χ0n) is 15.0. The monoisotopic (exact) mass is 434 g/mol. The largest absolute Gasteiger partial charge is 0.361 e. The molecule has 0 amide bonds. The number of hydrogen-bond donors (Lipinski definition) is 2. The summed E-state index contributed by atoms with van der Waals surface area (Å²) in [6.07, 6.45) is 5.28. The Morgan fingerprint density at radius 3 is 2.48 bits per heavy atom. The van der Waals surface area contributed by atoms with Gasteiger partial charge in [0.15, 0.2) is 5.96 Å². The molecule has 2 rings (SSSR count). The second-order valence-corrected chi connectivity index (χ2v) is 6.65. The smallest absolute Gasteiger partial charge is 0.191 e. The van der Waals surface area contributed by atoms with Crippen LogP contribution < -0.4 is 10.6 Å². The second-order valence-electron chi connectivity index (χ2n) is 6.65. The quantitative estimate of drug-likeness (QED) is 0.407. The third kappa shape index (κ3) is 4.84. The van der Waals surface area contributed by atoms with Crippen molar-refractivity contribution in [3.8, 4) is 0 Å². The van der Waals surface area contributed by atoms with Crippen molar-refractivity contribution in [2.24, 2.45) is 10.4 Å². The molecule has 1 aromatic heterocycles. The molecule has 1 aromatic rings. The first kappa shape index (κ1) is 20.3.